The Kier molecular flexibility index (Phi) is 5.98. The van der Waals surface area contributed by atoms with Crippen molar-refractivity contribution in [3.8, 4) is 11.5 Å². The number of fused-ring (bicyclic) bond motifs is 1. The van der Waals surface area contributed by atoms with E-state index in [-0.39, 0.29) is 23.9 Å². The number of nitrogens with one attached hydrogen (secondary N) is 1. The third-order valence-electron chi connectivity index (χ3n) is 4.11. The number of ether oxygens (including phenoxy) is 2. The molecule has 0 bridgehead atoms. The van der Waals surface area contributed by atoms with Gasteiger partial charge in [0.2, 0.25) is 6.79 Å². The summed E-state index contributed by atoms with van der Waals surface area (Å²) in [7, 11) is 0. The van der Waals surface area contributed by atoms with Gasteiger partial charge in [-0.2, -0.15) is 57.1 Å². The van der Waals surface area contributed by atoms with E-state index in [1.54, 1.807) is 0 Å². The molecule has 17 heteroatoms. The lowest BCUT2D eigenvalue weighted by molar-refractivity contribution is -0.436. The SMILES string of the molecule is O=C(NCc1ccc2c(c1)OCO2)C(F)(F)C(F)(F)C(F)(F)C(F)(F)C(F)(F)C(F)(F)F. The summed E-state index contributed by atoms with van der Waals surface area (Å²) in [6.07, 6.45) is -7.52. The normalized spacial score (nSPS) is 15.7. The first kappa shape index (κ1) is 25.6. The van der Waals surface area contributed by atoms with Gasteiger partial charge >= 0.3 is 35.8 Å². The van der Waals surface area contributed by atoms with Crippen molar-refractivity contribution in [1.82, 2.24) is 5.32 Å². The van der Waals surface area contributed by atoms with Crippen molar-refractivity contribution in [2.75, 3.05) is 6.79 Å². The van der Waals surface area contributed by atoms with Gasteiger partial charge in [-0.05, 0) is 17.7 Å². The van der Waals surface area contributed by atoms with Crippen molar-refractivity contribution in [3.05, 3.63) is 23.8 Å². The van der Waals surface area contributed by atoms with Crippen LogP contribution in [0.3, 0.4) is 0 Å². The zero-order valence-electron chi connectivity index (χ0n) is 14.8. The van der Waals surface area contributed by atoms with Gasteiger partial charge in [0.05, 0.1) is 0 Å². The Morgan fingerprint density at radius 2 is 1.25 bits per heavy atom. The molecule has 0 aliphatic carbocycles. The third-order valence-corrected chi connectivity index (χ3v) is 4.11. The summed E-state index contributed by atoms with van der Waals surface area (Å²) in [6.45, 7) is -1.37. The highest BCUT2D eigenvalue weighted by molar-refractivity contribution is 5.84. The molecule has 0 unspecified atom stereocenters. The summed E-state index contributed by atoms with van der Waals surface area (Å²) < 4.78 is 179. The Labute approximate surface area is 168 Å². The predicted octanol–water partition coefficient (Wildman–Crippen LogP) is 4.77. The first-order chi connectivity index (χ1) is 14.2. The largest absolute Gasteiger partial charge is 0.460 e. The molecule has 1 aliphatic rings. The van der Waals surface area contributed by atoms with Gasteiger partial charge in [-0.25, -0.2) is 0 Å². The van der Waals surface area contributed by atoms with Crippen LogP contribution in [0, 0.1) is 0 Å². The zero-order chi connectivity index (χ0) is 25.0. The second-order valence-corrected chi connectivity index (χ2v) is 6.24. The second kappa shape index (κ2) is 7.47. The highest BCUT2D eigenvalue weighted by atomic mass is 19.4. The molecule has 4 nitrogen and oxygen atoms in total. The lowest BCUT2D eigenvalue weighted by Crippen LogP contribution is -2.71. The molecule has 0 radical (unpaired) electrons. The van der Waals surface area contributed by atoms with Crippen molar-refractivity contribution in [3.63, 3.8) is 0 Å². The quantitative estimate of drug-likeness (QED) is 0.553. The number of benzene rings is 1. The number of alkyl halides is 13. The minimum absolute atomic E-state index is 0.00519. The van der Waals surface area contributed by atoms with Crippen molar-refractivity contribution in [2.45, 2.75) is 42.3 Å². The monoisotopic (exact) mass is 497 g/mol. The van der Waals surface area contributed by atoms with Crippen LogP contribution in [0.1, 0.15) is 5.56 Å². The van der Waals surface area contributed by atoms with Crippen molar-refractivity contribution in [1.29, 1.82) is 0 Å². The topological polar surface area (TPSA) is 47.6 Å². The van der Waals surface area contributed by atoms with Crippen molar-refractivity contribution < 1.29 is 71.3 Å². The number of hydrogen-bond donors (Lipinski definition) is 1. The summed E-state index contributed by atoms with van der Waals surface area (Å²) in [5.74, 6) is -41.7. The fourth-order valence-electron chi connectivity index (χ4n) is 2.26. The van der Waals surface area contributed by atoms with Gasteiger partial charge in [0, 0.05) is 6.54 Å². The van der Waals surface area contributed by atoms with Crippen LogP contribution in [-0.2, 0) is 11.3 Å². The van der Waals surface area contributed by atoms with Gasteiger partial charge in [0.25, 0.3) is 5.91 Å². The van der Waals surface area contributed by atoms with E-state index in [0.29, 0.717) is 0 Å². The summed E-state index contributed by atoms with van der Waals surface area (Å²) in [5.41, 5.74) is -0.178. The van der Waals surface area contributed by atoms with Crippen molar-refractivity contribution in [2.24, 2.45) is 0 Å². The van der Waals surface area contributed by atoms with Crippen molar-refractivity contribution >= 4 is 5.91 Å². The van der Waals surface area contributed by atoms with Crippen LogP contribution in [0.25, 0.3) is 0 Å². The van der Waals surface area contributed by atoms with Crippen LogP contribution in [0.4, 0.5) is 57.1 Å². The molecule has 1 N–H and O–H groups in total. The molecule has 1 aromatic rings. The number of hydrogen-bond acceptors (Lipinski definition) is 3. The summed E-state index contributed by atoms with van der Waals surface area (Å²) in [6, 6.07) is 3.23. The van der Waals surface area contributed by atoms with E-state index in [4.69, 9.17) is 9.47 Å². The molecule has 0 saturated heterocycles. The lowest BCUT2D eigenvalue weighted by Gasteiger charge is -2.39. The van der Waals surface area contributed by atoms with Gasteiger partial charge in [0.15, 0.2) is 11.5 Å². The molecule has 0 saturated carbocycles. The Morgan fingerprint density at radius 1 is 0.750 bits per heavy atom. The fourth-order valence-corrected chi connectivity index (χ4v) is 2.26. The maximum Gasteiger partial charge on any atom is 0.460 e. The smallest absolute Gasteiger partial charge is 0.454 e. The van der Waals surface area contributed by atoms with E-state index in [1.165, 1.54) is 0 Å². The number of amides is 1. The number of carbonyl (C=O) groups is 1. The molecule has 2 rings (SSSR count). The summed E-state index contributed by atoms with van der Waals surface area (Å²) >= 11 is 0. The molecule has 0 aromatic heterocycles. The van der Waals surface area contributed by atoms with Crippen LogP contribution < -0.4 is 14.8 Å². The van der Waals surface area contributed by atoms with Gasteiger partial charge in [-0.1, -0.05) is 6.07 Å². The van der Waals surface area contributed by atoms with Crippen LogP contribution in [0.15, 0.2) is 18.2 Å². The zero-order valence-corrected chi connectivity index (χ0v) is 14.8. The van der Waals surface area contributed by atoms with Gasteiger partial charge in [-0.15, -0.1) is 0 Å². The number of halogens is 13. The Bertz CT molecular complexity index is 882. The Hall–Kier alpha value is -2.62. The first-order valence-electron chi connectivity index (χ1n) is 7.84. The minimum Gasteiger partial charge on any atom is -0.454 e. The molecule has 1 heterocycles. The maximum atomic E-state index is 13.7. The lowest BCUT2D eigenvalue weighted by atomic mass is 9.93. The molecule has 1 aromatic carbocycles. The van der Waals surface area contributed by atoms with Gasteiger partial charge in [-0.3, -0.25) is 4.79 Å². The van der Waals surface area contributed by atoms with E-state index < -0.39 is 48.2 Å². The molecule has 1 amide bonds. The molecule has 182 valence electrons. The van der Waals surface area contributed by atoms with E-state index in [2.05, 4.69) is 0 Å². The highest BCUT2D eigenvalue weighted by Gasteiger charge is 2.91. The minimum atomic E-state index is -8.07. The molecule has 0 atom stereocenters. The standard InChI is InChI=1S/C15H8F13NO3/c16-10(17,9(30)29-4-6-1-2-7-8(3-6)32-5-31-7)11(18,19)12(20,21)13(22,23)14(24,25)15(26,27)28/h1-3H,4-5H2,(H,29,30). The van der Waals surface area contributed by atoms with E-state index in [9.17, 15) is 61.9 Å². The van der Waals surface area contributed by atoms with Gasteiger partial charge in [0.1, 0.15) is 0 Å². The maximum absolute atomic E-state index is 13.7. The van der Waals surface area contributed by atoms with E-state index in [0.717, 1.165) is 23.5 Å². The molecular weight excluding hydrogens is 489 g/mol. The summed E-state index contributed by atoms with van der Waals surface area (Å²) in [5, 5.41) is 0.976. The Balaban J connectivity index is 2.28. The molecule has 0 fully saturated rings. The highest BCUT2D eigenvalue weighted by Crippen LogP contribution is 2.60. The average Bonchev–Trinajstić information content (AvgIpc) is 3.12. The second-order valence-electron chi connectivity index (χ2n) is 6.24. The van der Waals surface area contributed by atoms with E-state index >= 15 is 0 Å². The molecule has 1 aliphatic heterocycles. The van der Waals surface area contributed by atoms with E-state index in [1.807, 2.05) is 0 Å². The summed E-state index contributed by atoms with van der Waals surface area (Å²) in [4.78, 5) is 11.4. The number of rotatable bonds is 7. The molecular formula is C15H8F13NO3. The van der Waals surface area contributed by atoms with Crippen LogP contribution in [0.2, 0.25) is 0 Å². The first-order valence-corrected chi connectivity index (χ1v) is 7.84. The molecule has 32 heavy (non-hydrogen) atoms. The van der Waals surface area contributed by atoms with Crippen LogP contribution in [-0.4, -0.2) is 48.5 Å². The van der Waals surface area contributed by atoms with Crippen LogP contribution >= 0.6 is 0 Å². The fraction of sp³-hybridized carbons (Fsp3) is 0.533. The predicted molar refractivity (Wildman–Crippen MR) is 75.2 cm³/mol. The molecule has 0 spiro atoms. The van der Waals surface area contributed by atoms with Gasteiger partial charge < -0.3 is 14.8 Å². The van der Waals surface area contributed by atoms with Crippen LogP contribution in [0.5, 0.6) is 11.5 Å². The number of carbonyl (C=O) groups excluding carboxylic acids is 1. The Morgan fingerprint density at radius 3 is 1.78 bits per heavy atom. The average molecular weight is 497 g/mol. The third kappa shape index (κ3) is 3.64.